The topological polar surface area (TPSA) is 104 Å². The van der Waals surface area contributed by atoms with Crippen molar-refractivity contribution in [1.29, 1.82) is 0 Å². The van der Waals surface area contributed by atoms with Gasteiger partial charge in [-0.15, -0.1) is 0 Å². The molecule has 3 heterocycles. The van der Waals surface area contributed by atoms with E-state index in [1.165, 1.54) is 32.5 Å². The third-order valence-electron chi connectivity index (χ3n) is 11.1. The summed E-state index contributed by atoms with van der Waals surface area (Å²) in [6.45, 7) is 4.16. The van der Waals surface area contributed by atoms with E-state index in [0.717, 1.165) is 103 Å². The fourth-order valence-corrected chi connectivity index (χ4v) is 8.75. The molecule has 1 N–H and O–H groups in total. The molecule has 47 heavy (non-hydrogen) atoms. The molecular weight excluding hydrogens is 614 g/mol. The molecular formula is C36H47N5O5S. The molecule has 1 aromatic heterocycles. The van der Waals surface area contributed by atoms with E-state index in [0.29, 0.717) is 18.5 Å². The lowest BCUT2D eigenvalue weighted by Gasteiger charge is -2.39. The van der Waals surface area contributed by atoms with Gasteiger partial charge in [-0.1, -0.05) is 25.3 Å². The number of ether oxygens (including phenoxy) is 1. The van der Waals surface area contributed by atoms with E-state index in [1.54, 1.807) is 13.2 Å². The zero-order valence-electron chi connectivity index (χ0n) is 27.8. The molecule has 2 saturated carbocycles. The van der Waals surface area contributed by atoms with Crippen LogP contribution in [0.2, 0.25) is 0 Å². The maximum Gasteiger partial charge on any atom is 0.303 e. The number of hydrogen-bond donors (Lipinski definition) is 1. The summed E-state index contributed by atoms with van der Waals surface area (Å²) in [5.41, 5.74) is 4.04. The molecule has 2 amide bonds. The molecule has 1 atom stereocenters. The van der Waals surface area contributed by atoms with Crippen LogP contribution in [0.4, 0.5) is 0 Å². The SMILES string of the molecule is COc1ccc(-c2c(C3CCCCC3)c3ccc(C(=O)NS(=O)(=O)N(C)C)cc3n2CC2(C(=O)N3CCN4CCCC4C3)CC2)cc1. The fourth-order valence-electron chi connectivity index (χ4n) is 8.22. The lowest BCUT2D eigenvalue weighted by Crippen LogP contribution is -2.54. The Balaban J connectivity index is 1.35. The third kappa shape index (κ3) is 6.06. The zero-order valence-corrected chi connectivity index (χ0v) is 28.7. The van der Waals surface area contributed by atoms with Crippen molar-refractivity contribution >= 4 is 32.9 Å². The van der Waals surface area contributed by atoms with Crippen LogP contribution in [0.5, 0.6) is 5.75 Å². The second kappa shape index (κ2) is 12.6. The number of fused-ring (bicyclic) bond motifs is 2. The Labute approximate surface area is 278 Å². The minimum atomic E-state index is -3.97. The quantitative estimate of drug-likeness (QED) is 0.347. The van der Waals surface area contributed by atoms with Crippen LogP contribution < -0.4 is 9.46 Å². The first-order valence-electron chi connectivity index (χ1n) is 17.2. The van der Waals surface area contributed by atoms with Crippen molar-refractivity contribution in [2.24, 2.45) is 5.41 Å². The monoisotopic (exact) mass is 661 g/mol. The number of aromatic nitrogens is 1. The number of nitrogens with one attached hydrogen (secondary N) is 1. The highest BCUT2D eigenvalue weighted by molar-refractivity contribution is 7.87. The Morgan fingerprint density at radius 2 is 1.70 bits per heavy atom. The maximum absolute atomic E-state index is 14.4. The minimum Gasteiger partial charge on any atom is -0.497 e. The molecule has 11 heteroatoms. The Hall–Kier alpha value is -3.41. The number of hydrogen-bond acceptors (Lipinski definition) is 6. The first-order valence-corrected chi connectivity index (χ1v) is 18.6. The predicted octanol–water partition coefficient (Wildman–Crippen LogP) is 4.99. The summed E-state index contributed by atoms with van der Waals surface area (Å²) < 4.78 is 36.1. The van der Waals surface area contributed by atoms with Crippen LogP contribution in [-0.2, 0) is 21.5 Å². The van der Waals surface area contributed by atoms with E-state index in [4.69, 9.17) is 4.74 Å². The lowest BCUT2D eigenvalue weighted by atomic mass is 9.81. The Kier molecular flexibility index (Phi) is 8.59. The van der Waals surface area contributed by atoms with Gasteiger partial charge in [-0.05, 0) is 98.5 Å². The average molecular weight is 662 g/mol. The van der Waals surface area contributed by atoms with Crippen LogP contribution in [0, 0.1) is 5.41 Å². The van der Waals surface area contributed by atoms with Crippen LogP contribution >= 0.6 is 0 Å². The highest BCUT2D eigenvalue weighted by Crippen LogP contribution is 2.52. The molecule has 2 aromatic carbocycles. The Morgan fingerprint density at radius 3 is 2.38 bits per heavy atom. The van der Waals surface area contributed by atoms with Gasteiger partial charge in [0.1, 0.15) is 5.75 Å². The predicted molar refractivity (Wildman–Crippen MR) is 183 cm³/mol. The van der Waals surface area contributed by atoms with Crippen molar-refractivity contribution in [3.8, 4) is 17.0 Å². The fraction of sp³-hybridized carbons (Fsp3) is 0.556. The molecule has 0 spiro atoms. The number of nitrogens with zero attached hydrogens (tertiary/aromatic N) is 4. The number of carbonyl (C=O) groups excluding carboxylic acids is 2. The number of piperazine rings is 1. The highest BCUT2D eigenvalue weighted by atomic mass is 32.2. The lowest BCUT2D eigenvalue weighted by molar-refractivity contribution is -0.140. The van der Waals surface area contributed by atoms with E-state index in [2.05, 4.69) is 31.2 Å². The highest BCUT2D eigenvalue weighted by Gasteiger charge is 2.53. The van der Waals surface area contributed by atoms with Gasteiger partial charge in [0.15, 0.2) is 0 Å². The second-order valence-corrected chi connectivity index (χ2v) is 16.1. The molecule has 3 aromatic rings. The number of carbonyl (C=O) groups is 2. The van der Waals surface area contributed by atoms with Crippen LogP contribution in [0.15, 0.2) is 42.5 Å². The normalized spacial score (nSPS) is 21.6. The van der Waals surface area contributed by atoms with Crippen LogP contribution in [-0.4, -0.2) is 92.3 Å². The van der Waals surface area contributed by atoms with Gasteiger partial charge in [-0.3, -0.25) is 14.5 Å². The van der Waals surface area contributed by atoms with Gasteiger partial charge in [0.05, 0.1) is 18.2 Å². The van der Waals surface area contributed by atoms with E-state index < -0.39 is 21.5 Å². The van der Waals surface area contributed by atoms with Crippen molar-refractivity contribution in [1.82, 2.24) is 23.4 Å². The van der Waals surface area contributed by atoms with E-state index in [-0.39, 0.29) is 11.5 Å². The molecule has 4 fully saturated rings. The van der Waals surface area contributed by atoms with Gasteiger partial charge >= 0.3 is 10.2 Å². The molecule has 1 unspecified atom stereocenters. The van der Waals surface area contributed by atoms with Crippen LogP contribution in [0.25, 0.3) is 22.2 Å². The zero-order chi connectivity index (χ0) is 32.9. The van der Waals surface area contributed by atoms with Crippen molar-refractivity contribution in [2.75, 3.05) is 47.4 Å². The third-order valence-corrected chi connectivity index (χ3v) is 12.5. The smallest absolute Gasteiger partial charge is 0.303 e. The van der Waals surface area contributed by atoms with E-state index in [9.17, 15) is 18.0 Å². The molecule has 7 rings (SSSR count). The van der Waals surface area contributed by atoms with Crippen molar-refractivity contribution in [3.05, 3.63) is 53.6 Å². The Bertz CT molecular complexity index is 1770. The van der Waals surface area contributed by atoms with Crippen molar-refractivity contribution in [2.45, 2.75) is 76.3 Å². The summed E-state index contributed by atoms with van der Waals surface area (Å²) >= 11 is 0. The number of methoxy groups -OCH3 is 1. The standard InChI is InChI=1S/C36H47N5O5S/c1-38(2)47(44,45)37-34(42)27-13-16-30-31(22-27)41(24-36(17-18-36)35(43)40-21-20-39-19-7-10-28(39)23-40)33(26-11-14-29(46-3)15-12-26)32(30)25-8-5-4-6-9-25/h11-16,22,25,28H,4-10,17-21,23-24H2,1-3H3,(H,37,42). The van der Waals surface area contributed by atoms with Gasteiger partial charge in [-0.25, -0.2) is 4.72 Å². The van der Waals surface area contributed by atoms with Gasteiger partial charge in [0, 0.05) is 62.8 Å². The summed E-state index contributed by atoms with van der Waals surface area (Å²) in [6.07, 6.45) is 9.74. The van der Waals surface area contributed by atoms with E-state index >= 15 is 0 Å². The second-order valence-electron chi connectivity index (χ2n) is 14.2. The van der Waals surface area contributed by atoms with Crippen molar-refractivity contribution < 1.29 is 22.7 Å². The summed E-state index contributed by atoms with van der Waals surface area (Å²) in [7, 11) is 0.475. The Morgan fingerprint density at radius 1 is 0.957 bits per heavy atom. The summed E-state index contributed by atoms with van der Waals surface area (Å²) in [4.78, 5) is 32.4. The first kappa shape index (κ1) is 32.2. The largest absolute Gasteiger partial charge is 0.497 e. The van der Waals surface area contributed by atoms with Gasteiger partial charge in [0.25, 0.3) is 5.91 Å². The summed E-state index contributed by atoms with van der Waals surface area (Å²) in [5, 5.41) is 1.07. The van der Waals surface area contributed by atoms with E-state index in [1.807, 2.05) is 24.3 Å². The minimum absolute atomic E-state index is 0.247. The van der Waals surface area contributed by atoms with Crippen LogP contribution in [0.1, 0.15) is 79.6 Å². The van der Waals surface area contributed by atoms with Gasteiger partial charge in [0.2, 0.25) is 5.91 Å². The van der Waals surface area contributed by atoms with Crippen molar-refractivity contribution in [3.63, 3.8) is 0 Å². The average Bonchev–Trinajstić information content (AvgIpc) is 3.59. The molecule has 0 bridgehead atoms. The summed E-state index contributed by atoms with van der Waals surface area (Å²) in [6, 6.07) is 14.1. The molecule has 0 radical (unpaired) electrons. The molecule has 10 nitrogen and oxygen atoms in total. The molecule has 2 aliphatic carbocycles. The molecule has 2 saturated heterocycles. The van der Waals surface area contributed by atoms with Crippen LogP contribution in [0.3, 0.4) is 0 Å². The van der Waals surface area contributed by atoms with Gasteiger partial charge in [-0.2, -0.15) is 12.7 Å². The number of benzene rings is 2. The summed E-state index contributed by atoms with van der Waals surface area (Å²) in [5.74, 6) is 0.693. The molecule has 4 aliphatic rings. The van der Waals surface area contributed by atoms with Gasteiger partial charge < -0.3 is 14.2 Å². The molecule has 252 valence electrons. The number of rotatable bonds is 9. The maximum atomic E-state index is 14.4. The number of amides is 2. The molecule has 2 aliphatic heterocycles. The first-order chi connectivity index (χ1) is 22.6.